The number of hydrogen-bond acceptors (Lipinski definition) is 4. The van der Waals surface area contributed by atoms with Gasteiger partial charge in [0, 0.05) is 5.56 Å². The number of aryl methyl sites for hydroxylation is 1. The minimum absolute atomic E-state index is 0.148. The first-order valence-electron chi connectivity index (χ1n) is 4.30. The lowest BCUT2D eigenvalue weighted by molar-refractivity contribution is 0.480. The van der Waals surface area contributed by atoms with Crippen molar-refractivity contribution in [2.45, 2.75) is 16.7 Å². The third-order valence-electron chi connectivity index (χ3n) is 2.09. The first-order chi connectivity index (χ1) is 7.59. The van der Waals surface area contributed by atoms with Crippen LogP contribution in [0.4, 0.5) is 0 Å². The Morgan fingerprint density at radius 2 is 1.65 bits per heavy atom. The summed E-state index contributed by atoms with van der Waals surface area (Å²) in [4.78, 5) is -1.20. The number of hydrogen-bond donors (Lipinski definition) is 2. The minimum Gasteiger partial charge on any atom is -0.282 e. The lowest BCUT2D eigenvalue weighted by atomic mass is 10.1. The van der Waals surface area contributed by atoms with Crippen molar-refractivity contribution in [3.8, 4) is 0 Å². The van der Waals surface area contributed by atoms with Crippen LogP contribution in [0.1, 0.15) is 11.1 Å². The molecule has 0 aliphatic heterocycles. The van der Waals surface area contributed by atoms with Crippen molar-refractivity contribution in [3.05, 3.63) is 29.8 Å². The molecule has 0 bridgehead atoms. The Morgan fingerprint density at radius 1 is 1.12 bits per heavy atom. The molecule has 94 valence electrons. The summed E-state index contributed by atoms with van der Waals surface area (Å²) in [5.41, 5.74) is -0.204. The molecule has 0 fully saturated rings. The molecule has 0 radical (unpaired) electrons. The number of benzene rings is 1. The molecule has 0 unspecified atom stereocenters. The summed E-state index contributed by atoms with van der Waals surface area (Å²) in [5.74, 6) is 0. The van der Waals surface area contributed by atoms with Crippen molar-refractivity contribution in [1.29, 1.82) is 0 Å². The van der Waals surface area contributed by atoms with Gasteiger partial charge in [-0.3, -0.25) is 9.11 Å². The molecule has 1 aromatic carbocycles. The number of rotatable bonds is 3. The van der Waals surface area contributed by atoms with E-state index in [1.165, 1.54) is 13.0 Å². The van der Waals surface area contributed by atoms with Crippen molar-refractivity contribution in [1.82, 2.24) is 0 Å². The summed E-state index contributed by atoms with van der Waals surface area (Å²) < 4.78 is 62.3. The van der Waals surface area contributed by atoms with Crippen LogP contribution in [0.2, 0.25) is 0 Å². The van der Waals surface area contributed by atoms with Crippen molar-refractivity contribution < 1.29 is 25.9 Å². The van der Waals surface area contributed by atoms with E-state index in [0.717, 1.165) is 12.1 Å². The standard InChI is InChI=1S/C9H10O6S2/c1-3-7-8(16(10,11)12)5-4-6(2)9(7)17(13,14)15/h3-5H,1H2,2H3,(H,10,11,12)(H,13,14,15). The monoisotopic (exact) mass is 278 g/mol. The summed E-state index contributed by atoms with van der Waals surface area (Å²) in [5, 5.41) is 0. The van der Waals surface area contributed by atoms with Gasteiger partial charge in [0.25, 0.3) is 20.2 Å². The lowest BCUT2D eigenvalue weighted by Crippen LogP contribution is -2.09. The SMILES string of the molecule is C=Cc1c(S(=O)(=O)O)ccc(C)c1S(=O)(=O)O. The van der Waals surface area contributed by atoms with Gasteiger partial charge in [0.05, 0.1) is 0 Å². The van der Waals surface area contributed by atoms with Crippen molar-refractivity contribution in [3.63, 3.8) is 0 Å². The first kappa shape index (κ1) is 13.8. The molecule has 1 rings (SSSR count). The zero-order valence-electron chi connectivity index (χ0n) is 8.78. The highest BCUT2D eigenvalue weighted by molar-refractivity contribution is 7.86. The average Bonchev–Trinajstić information content (AvgIpc) is 2.12. The second-order valence-corrected chi connectivity index (χ2v) is 6.03. The average molecular weight is 278 g/mol. The van der Waals surface area contributed by atoms with Gasteiger partial charge in [0.2, 0.25) is 0 Å². The van der Waals surface area contributed by atoms with Crippen LogP contribution in [0, 0.1) is 6.92 Å². The fourth-order valence-electron chi connectivity index (χ4n) is 1.45. The van der Waals surface area contributed by atoms with E-state index >= 15 is 0 Å². The zero-order chi connectivity index (χ0) is 13.4. The molecule has 0 aliphatic rings. The molecule has 0 aliphatic carbocycles. The Bertz CT molecular complexity index is 670. The van der Waals surface area contributed by atoms with Crippen LogP contribution in [-0.2, 0) is 20.2 Å². The molecule has 0 amide bonds. The molecule has 2 N–H and O–H groups in total. The first-order valence-corrected chi connectivity index (χ1v) is 7.18. The van der Waals surface area contributed by atoms with Gasteiger partial charge >= 0.3 is 0 Å². The maximum atomic E-state index is 11.1. The van der Waals surface area contributed by atoms with Crippen molar-refractivity contribution >= 4 is 26.3 Å². The molecular weight excluding hydrogens is 268 g/mol. The predicted octanol–water partition coefficient (Wildman–Crippen LogP) is 1.13. The molecule has 0 atom stereocenters. The van der Waals surface area contributed by atoms with Gasteiger partial charge in [0.1, 0.15) is 9.79 Å². The molecule has 0 saturated heterocycles. The quantitative estimate of drug-likeness (QED) is 0.802. The minimum atomic E-state index is -4.61. The molecule has 0 heterocycles. The van der Waals surface area contributed by atoms with Gasteiger partial charge in [-0.2, -0.15) is 16.8 Å². The Kier molecular flexibility index (Phi) is 3.44. The smallest absolute Gasteiger partial charge is 0.282 e. The topological polar surface area (TPSA) is 109 Å². The van der Waals surface area contributed by atoms with Crippen LogP contribution in [0.25, 0.3) is 6.08 Å². The zero-order valence-corrected chi connectivity index (χ0v) is 10.4. The third kappa shape index (κ3) is 2.72. The largest absolute Gasteiger partial charge is 0.295 e. The van der Waals surface area contributed by atoms with E-state index in [1.807, 2.05) is 0 Å². The molecular formula is C9H10O6S2. The highest BCUT2D eigenvalue weighted by Gasteiger charge is 2.24. The fourth-order valence-corrected chi connectivity index (χ4v) is 3.17. The lowest BCUT2D eigenvalue weighted by Gasteiger charge is -2.10. The summed E-state index contributed by atoms with van der Waals surface area (Å²) in [6, 6.07) is 2.20. The highest BCUT2D eigenvalue weighted by Crippen LogP contribution is 2.27. The Hall–Kier alpha value is -1.22. The summed E-state index contributed by atoms with van der Waals surface area (Å²) >= 11 is 0. The van der Waals surface area contributed by atoms with Gasteiger partial charge < -0.3 is 0 Å². The highest BCUT2D eigenvalue weighted by atomic mass is 32.2. The summed E-state index contributed by atoms with van der Waals surface area (Å²) in [6.45, 7) is 4.65. The van der Waals surface area contributed by atoms with Crippen molar-refractivity contribution in [2.24, 2.45) is 0 Å². The third-order valence-corrected chi connectivity index (χ3v) is 4.06. The van der Waals surface area contributed by atoms with Crippen molar-refractivity contribution in [2.75, 3.05) is 0 Å². The molecule has 8 heteroatoms. The van der Waals surface area contributed by atoms with Gasteiger partial charge in [0.15, 0.2) is 0 Å². The Morgan fingerprint density at radius 3 is 2.00 bits per heavy atom. The van der Waals surface area contributed by atoms with E-state index in [0.29, 0.717) is 0 Å². The van der Waals surface area contributed by atoms with E-state index in [4.69, 9.17) is 9.11 Å². The van der Waals surface area contributed by atoms with Gasteiger partial charge in [-0.1, -0.05) is 18.7 Å². The molecule has 6 nitrogen and oxygen atoms in total. The molecule has 0 spiro atoms. The van der Waals surface area contributed by atoms with Crippen LogP contribution < -0.4 is 0 Å². The Labute approximate surface area is 99.1 Å². The van der Waals surface area contributed by atoms with Gasteiger partial charge in [-0.25, -0.2) is 0 Å². The summed E-state index contributed by atoms with van der Waals surface area (Å²) in [6.07, 6.45) is 0.944. The maximum absolute atomic E-state index is 11.1. The molecule has 0 saturated carbocycles. The van der Waals surface area contributed by atoms with E-state index in [1.54, 1.807) is 0 Å². The maximum Gasteiger partial charge on any atom is 0.295 e. The molecule has 0 aromatic heterocycles. The van der Waals surface area contributed by atoms with Crippen LogP contribution in [-0.4, -0.2) is 25.9 Å². The predicted molar refractivity (Wildman–Crippen MR) is 60.9 cm³/mol. The van der Waals surface area contributed by atoms with E-state index in [9.17, 15) is 16.8 Å². The second kappa shape index (κ2) is 4.22. The van der Waals surface area contributed by atoms with Crippen LogP contribution >= 0.6 is 0 Å². The second-order valence-electron chi connectivity index (χ2n) is 3.28. The normalized spacial score (nSPS) is 12.4. The fraction of sp³-hybridized carbons (Fsp3) is 0.111. The Balaban J connectivity index is 3.92. The van der Waals surface area contributed by atoms with E-state index < -0.39 is 30.0 Å². The van der Waals surface area contributed by atoms with Crippen LogP contribution in [0.3, 0.4) is 0 Å². The molecule has 1 aromatic rings. The van der Waals surface area contributed by atoms with Crippen LogP contribution in [0.15, 0.2) is 28.5 Å². The van der Waals surface area contributed by atoms with E-state index in [-0.39, 0.29) is 11.1 Å². The molecule has 17 heavy (non-hydrogen) atoms. The van der Waals surface area contributed by atoms with Gasteiger partial charge in [-0.05, 0) is 18.6 Å². The van der Waals surface area contributed by atoms with Crippen LogP contribution in [0.5, 0.6) is 0 Å². The van der Waals surface area contributed by atoms with E-state index in [2.05, 4.69) is 6.58 Å². The summed E-state index contributed by atoms with van der Waals surface area (Å²) in [7, 11) is -9.20. The van der Waals surface area contributed by atoms with Gasteiger partial charge in [-0.15, -0.1) is 0 Å².